The fourth-order valence-electron chi connectivity index (χ4n) is 2.35. The van der Waals surface area contributed by atoms with Crippen molar-refractivity contribution in [3.8, 4) is 0 Å². The number of hydrogen-bond donors (Lipinski definition) is 0. The van der Waals surface area contributed by atoms with E-state index in [1.807, 2.05) is 0 Å². The Kier molecular flexibility index (Phi) is 9.61. The molecule has 0 rings (SSSR count). The van der Waals surface area contributed by atoms with E-state index in [0.717, 1.165) is 0 Å². The Labute approximate surface area is 163 Å². The maximum atomic E-state index is 14.2. The summed E-state index contributed by atoms with van der Waals surface area (Å²) in [6.45, 7) is 1.34. The van der Waals surface area contributed by atoms with E-state index in [9.17, 15) is 36.2 Å². The molecular weight excluding hydrogens is 449 g/mol. The molecule has 0 bridgehead atoms. The van der Waals surface area contributed by atoms with Gasteiger partial charge in [0.15, 0.2) is 6.17 Å². The van der Waals surface area contributed by atoms with Crippen molar-refractivity contribution in [1.29, 1.82) is 0 Å². The molecule has 0 aromatic rings. The first-order valence-corrected chi connectivity index (χ1v) is 13.1. The number of hydrogen-bond acceptors (Lipinski definition) is 2. The molecule has 2 nitrogen and oxygen atoms in total. The molecule has 0 aliphatic rings. The van der Waals surface area contributed by atoms with Crippen LogP contribution in [-0.2, 0) is 4.79 Å². The van der Waals surface area contributed by atoms with Crippen LogP contribution in [-0.4, -0.2) is 35.7 Å². The molecular formula is C14H20Cl3F6O2Si-. The second kappa shape index (κ2) is 9.56. The Morgan fingerprint density at radius 2 is 1.46 bits per heavy atom. The van der Waals surface area contributed by atoms with Crippen LogP contribution in [0.1, 0.15) is 46.0 Å². The highest BCUT2D eigenvalue weighted by Gasteiger charge is 2.74. The molecule has 2 unspecified atom stereocenters. The summed E-state index contributed by atoms with van der Waals surface area (Å²) in [5.41, 5.74) is -4.71. The third kappa shape index (κ3) is 6.07. The highest BCUT2D eigenvalue weighted by atomic mass is 35.8. The van der Waals surface area contributed by atoms with Crippen molar-refractivity contribution in [2.45, 2.75) is 75.7 Å². The number of unbranched alkanes of at least 4 members (excludes halogenated alkanes) is 3. The molecule has 0 aromatic carbocycles. The molecule has 0 saturated carbocycles. The molecule has 0 heterocycles. The number of carbonyl (C=O) groups excluding carboxylic acids is 1. The topological polar surface area (TPSA) is 40.1 Å². The van der Waals surface area contributed by atoms with Crippen molar-refractivity contribution >= 4 is 45.2 Å². The Balaban J connectivity index is 4.89. The van der Waals surface area contributed by atoms with Gasteiger partial charge in [0, 0.05) is 0 Å². The summed E-state index contributed by atoms with van der Waals surface area (Å²) in [7, 11) is 0. The highest BCUT2D eigenvalue weighted by molar-refractivity contribution is 7.64. The van der Waals surface area contributed by atoms with Gasteiger partial charge >= 0.3 is 17.8 Å². The number of alkyl halides is 6. The zero-order valence-electron chi connectivity index (χ0n) is 14.1. The molecule has 0 spiro atoms. The van der Waals surface area contributed by atoms with Crippen molar-refractivity contribution in [2.24, 2.45) is 5.92 Å². The molecule has 0 aliphatic heterocycles. The molecule has 2 atom stereocenters. The first-order valence-electron chi connectivity index (χ1n) is 7.88. The third-order valence-corrected chi connectivity index (χ3v) is 6.65. The normalized spacial score (nSPS) is 17.2. The maximum Gasteiger partial charge on any atom is 0.351 e. The number of carbonyl (C=O) groups is 1. The van der Waals surface area contributed by atoms with Gasteiger partial charge in [-0.3, -0.25) is 0 Å². The van der Waals surface area contributed by atoms with Crippen LogP contribution in [0, 0.1) is 5.92 Å². The van der Waals surface area contributed by atoms with Crippen LogP contribution in [0.15, 0.2) is 0 Å². The van der Waals surface area contributed by atoms with Crippen molar-refractivity contribution in [1.82, 2.24) is 0 Å². The van der Waals surface area contributed by atoms with Gasteiger partial charge in [-0.05, 0) is 18.4 Å². The van der Waals surface area contributed by atoms with E-state index in [1.165, 1.54) is 0 Å². The minimum atomic E-state index is -5.78. The van der Waals surface area contributed by atoms with Gasteiger partial charge in [-0.2, -0.15) is 17.6 Å². The van der Waals surface area contributed by atoms with Gasteiger partial charge in [0.05, 0.1) is 5.97 Å². The van der Waals surface area contributed by atoms with E-state index in [1.54, 1.807) is 0 Å². The van der Waals surface area contributed by atoms with E-state index in [2.05, 4.69) is 0 Å². The molecule has 0 radical (unpaired) electrons. The van der Waals surface area contributed by atoms with Gasteiger partial charge in [0.1, 0.15) is 0 Å². The van der Waals surface area contributed by atoms with Crippen molar-refractivity contribution < 1.29 is 36.2 Å². The quantitative estimate of drug-likeness (QED) is 0.168. The fourth-order valence-corrected chi connectivity index (χ4v) is 4.20. The van der Waals surface area contributed by atoms with Gasteiger partial charge in [-0.25, -0.2) is 8.78 Å². The summed E-state index contributed by atoms with van der Waals surface area (Å²) in [4.78, 5) is 10.7. The van der Waals surface area contributed by atoms with Crippen LogP contribution < -0.4 is 5.11 Å². The van der Waals surface area contributed by atoms with Gasteiger partial charge in [0.2, 0.25) is 5.67 Å². The van der Waals surface area contributed by atoms with Crippen molar-refractivity contribution in [3.63, 3.8) is 0 Å². The van der Waals surface area contributed by atoms with Crippen LogP contribution in [0.5, 0.6) is 0 Å². The third-order valence-electron chi connectivity index (χ3n) is 4.03. The van der Waals surface area contributed by atoms with E-state index < -0.39 is 48.0 Å². The summed E-state index contributed by atoms with van der Waals surface area (Å²) >= 11 is 16.9. The Bertz CT molecular complexity index is 476. The number of carboxylic acid groups (broad SMARTS) is 1. The van der Waals surface area contributed by atoms with E-state index in [4.69, 9.17) is 33.2 Å². The molecule has 0 saturated heterocycles. The monoisotopic (exact) mass is 467 g/mol. The molecule has 156 valence electrons. The molecule has 0 N–H and O–H groups in total. The Hall–Kier alpha value is 0.137. The van der Waals surface area contributed by atoms with Crippen LogP contribution in [0.3, 0.4) is 0 Å². The average molecular weight is 469 g/mol. The number of halogens is 9. The standard InChI is InChI=1S/C14H21Cl3F6O2Si/c1-9(2)12(19,11(24)25)14(22,23)13(20,21)10(18)7-5-3-4-6-8-26(15,16)17/h9-10H,3-8H2,1-2H3,(H,24,25)/p-1. The highest BCUT2D eigenvalue weighted by Crippen LogP contribution is 2.50. The predicted octanol–water partition coefficient (Wildman–Crippen LogP) is 5.32. The second-order valence-electron chi connectivity index (χ2n) is 6.39. The molecule has 0 amide bonds. The molecule has 12 heteroatoms. The number of rotatable bonds is 12. The summed E-state index contributed by atoms with van der Waals surface area (Å²) in [6, 6.07) is -2.50. The lowest BCUT2D eigenvalue weighted by Gasteiger charge is -2.41. The van der Waals surface area contributed by atoms with Gasteiger partial charge in [0.25, 0.3) is 0 Å². The average Bonchev–Trinajstić information content (AvgIpc) is 2.47. The lowest BCUT2D eigenvalue weighted by atomic mass is 9.81. The van der Waals surface area contributed by atoms with E-state index >= 15 is 0 Å². The van der Waals surface area contributed by atoms with Crippen LogP contribution in [0.4, 0.5) is 26.3 Å². The van der Waals surface area contributed by atoms with Crippen LogP contribution in [0.2, 0.25) is 6.04 Å². The smallest absolute Gasteiger partial charge is 0.351 e. The van der Waals surface area contributed by atoms with E-state index in [0.29, 0.717) is 32.7 Å². The number of aliphatic carboxylic acids is 1. The minimum absolute atomic E-state index is 0.194. The summed E-state index contributed by atoms with van der Waals surface area (Å²) in [5, 5.41) is 10.7. The van der Waals surface area contributed by atoms with Crippen LogP contribution in [0.25, 0.3) is 0 Å². The van der Waals surface area contributed by atoms with Crippen LogP contribution >= 0.6 is 33.2 Å². The van der Waals surface area contributed by atoms with Crippen molar-refractivity contribution in [3.05, 3.63) is 0 Å². The first-order chi connectivity index (χ1) is 11.5. The molecule has 0 aromatic heterocycles. The molecule has 26 heavy (non-hydrogen) atoms. The predicted molar refractivity (Wildman–Crippen MR) is 89.7 cm³/mol. The maximum absolute atomic E-state index is 14.2. The number of carboxylic acids is 1. The van der Waals surface area contributed by atoms with Crippen molar-refractivity contribution in [2.75, 3.05) is 0 Å². The molecule has 0 fully saturated rings. The van der Waals surface area contributed by atoms with Gasteiger partial charge < -0.3 is 9.90 Å². The van der Waals surface area contributed by atoms with E-state index in [-0.39, 0.29) is 12.8 Å². The Morgan fingerprint density at radius 1 is 1.00 bits per heavy atom. The largest absolute Gasteiger partial charge is 0.546 e. The summed E-state index contributed by atoms with van der Waals surface area (Å²) in [5.74, 6) is -16.4. The lowest BCUT2D eigenvalue weighted by molar-refractivity contribution is -0.358. The summed E-state index contributed by atoms with van der Waals surface area (Å²) < 4.78 is 83.5. The Morgan fingerprint density at radius 3 is 1.85 bits per heavy atom. The van der Waals surface area contributed by atoms with Gasteiger partial charge in [-0.1, -0.05) is 39.5 Å². The first kappa shape index (κ1) is 26.1. The second-order valence-corrected chi connectivity index (χ2v) is 15.7. The SMILES string of the molecule is CC(C)C(F)(C(=O)[O-])C(F)(F)C(F)(F)C(F)CCCCCC[Si](Cl)(Cl)Cl. The fraction of sp³-hybridized carbons (Fsp3) is 0.929. The lowest BCUT2D eigenvalue weighted by Crippen LogP contribution is -2.68. The zero-order valence-corrected chi connectivity index (χ0v) is 17.4. The summed E-state index contributed by atoms with van der Waals surface area (Å²) in [6.07, 6.45) is -3.53. The van der Waals surface area contributed by atoms with Gasteiger partial charge in [-0.15, -0.1) is 33.2 Å². The molecule has 0 aliphatic carbocycles. The zero-order chi connectivity index (χ0) is 21.0. The minimum Gasteiger partial charge on any atom is -0.546 e.